The number of rotatable bonds is 20. The fourth-order valence-corrected chi connectivity index (χ4v) is 3.84. The van der Waals surface area contributed by atoms with E-state index in [-0.39, 0.29) is 29.9 Å². The van der Waals surface area contributed by atoms with E-state index in [1.807, 2.05) is 0 Å². The molecule has 194 valence electrons. The molecule has 0 aromatic carbocycles. The lowest BCUT2D eigenvalue weighted by atomic mass is 9.92. The van der Waals surface area contributed by atoms with Gasteiger partial charge in [-0.3, -0.25) is 9.59 Å². The van der Waals surface area contributed by atoms with Crippen molar-refractivity contribution in [3.8, 4) is 11.8 Å². The van der Waals surface area contributed by atoms with Crippen molar-refractivity contribution in [2.45, 2.75) is 110 Å². The molecule has 1 aromatic heterocycles. The lowest BCUT2D eigenvalue weighted by Crippen LogP contribution is -2.36. The summed E-state index contributed by atoms with van der Waals surface area (Å²) in [6.45, 7) is 4.76. The maximum absolute atomic E-state index is 12.7. The number of aromatic nitrogens is 1. The van der Waals surface area contributed by atoms with Crippen molar-refractivity contribution in [3.63, 3.8) is 0 Å². The van der Waals surface area contributed by atoms with Gasteiger partial charge in [0.1, 0.15) is 5.78 Å². The van der Waals surface area contributed by atoms with E-state index in [1.165, 1.54) is 18.6 Å². The molecule has 0 fully saturated rings. The second kappa shape index (κ2) is 17.9. The number of amides is 1. The van der Waals surface area contributed by atoms with E-state index < -0.39 is 11.9 Å². The lowest BCUT2D eigenvalue weighted by Gasteiger charge is -2.16. The van der Waals surface area contributed by atoms with Crippen LogP contribution in [0.15, 0.2) is 12.1 Å². The van der Waals surface area contributed by atoms with Crippen molar-refractivity contribution in [1.29, 1.82) is 0 Å². The number of nitrogens with zero attached hydrogens (tertiary/aromatic N) is 1. The Labute approximate surface area is 204 Å². The Morgan fingerprint density at radius 2 is 1.38 bits per heavy atom. The number of ketones is 1. The SMILES string of the molecule is CCCCCCCC(=O)C(CCCCCC)C(=O)NCCCCCC(=O)On1c(O)ccc1O. The highest BCUT2D eigenvalue weighted by Crippen LogP contribution is 2.19. The zero-order chi connectivity index (χ0) is 25.2. The predicted molar refractivity (Wildman–Crippen MR) is 131 cm³/mol. The van der Waals surface area contributed by atoms with Crippen LogP contribution in [0.25, 0.3) is 0 Å². The molecule has 0 bridgehead atoms. The molecule has 1 unspecified atom stereocenters. The summed E-state index contributed by atoms with van der Waals surface area (Å²) >= 11 is 0. The smallest absolute Gasteiger partial charge is 0.333 e. The van der Waals surface area contributed by atoms with Crippen LogP contribution < -0.4 is 10.2 Å². The number of hydrogen-bond acceptors (Lipinski definition) is 6. The monoisotopic (exact) mass is 480 g/mol. The van der Waals surface area contributed by atoms with Crippen LogP contribution in [0.4, 0.5) is 0 Å². The highest BCUT2D eigenvalue weighted by atomic mass is 16.7. The van der Waals surface area contributed by atoms with Crippen molar-refractivity contribution in [2.75, 3.05) is 6.54 Å². The fraction of sp³-hybridized carbons (Fsp3) is 0.731. The van der Waals surface area contributed by atoms with Crippen LogP contribution in [0.5, 0.6) is 11.8 Å². The van der Waals surface area contributed by atoms with Crippen LogP contribution in [0, 0.1) is 5.92 Å². The van der Waals surface area contributed by atoms with Gasteiger partial charge in [-0.1, -0.05) is 71.6 Å². The molecule has 0 saturated heterocycles. The molecular weight excluding hydrogens is 436 g/mol. The summed E-state index contributed by atoms with van der Waals surface area (Å²) in [7, 11) is 0. The summed E-state index contributed by atoms with van der Waals surface area (Å²) in [6.07, 6.45) is 12.7. The van der Waals surface area contributed by atoms with Gasteiger partial charge in [0.15, 0.2) is 0 Å². The molecule has 1 amide bonds. The Balaban J connectivity index is 2.32. The first-order valence-electron chi connectivity index (χ1n) is 13.0. The van der Waals surface area contributed by atoms with Crippen LogP contribution >= 0.6 is 0 Å². The Kier molecular flexibility index (Phi) is 15.5. The molecule has 0 aliphatic carbocycles. The van der Waals surface area contributed by atoms with Crippen molar-refractivity contribution in [1.82, 2.24) is 10.0 Å². The summed E-state index contributed by atoms with van der Waals surface area (Å²) in [5.41, 5.74) is 0. The maximum Gasteiger partial charge on any atom is 0.333 e. The van der Waals surface area contributed by atoms with Crippen molar-refractivity contribution < 1.29 is 29.4 Å². The second-order valence-electron chi connectivity index (χ2n) is 8.94. The van der Waals surface area contributed by atoms with Crippen molar-refractivity contribution in [3.05, 3.63) is 12.1 Å². The van der Waals surface area contributed by atoms with Gasteiger partial charge in [0, 0.05) is 31.5 Å². The van der Waals surface area contributed by atoms with Crippen molar-refractivity contribution >= 4 is 17.7 Å². The number of hydrogen-bond donors (Lipinski definition) is 3. The Hall–Kier alpha value is -2.51. The molecule has 34 heavy (non-hydrogen) atoms. The van der Waals surface area contributed by atoms with Gasteiger partial charge in [-0.25, -0.2) is 4.79 Å². The summed E-state index contributed by atoms with van der Waals surface area (Å²) < 4.78 is 0.671. The molecule has 8 heteroatoms. The molecule has 0 aliphatic heterocycles. The molecule has 0 spiro atoms. The zero-order valence-corrected chi connectivity index (χ0v) is 21.0. The van der Waals surface area contributed by atoms with Gasteiger partial charge in [0.05, 0.1) is 5.92 Å². The van der Waals surface area contributed by atoms with Gasteiger partial charge < -0.3 is 20.4 Å². The minimum atomic E-state index is -0.567. The number of unbranched alkanes of at least 4 members (excludes halogenated alkanes) is 9. The average Bonchev–Trinajstić information content (AvgIpc) is 3.12. The molecule has 3 N–H and O–H groups in total. The van der Waals surface area contributed by atoms with Crippen LogP contribution in [-0.2, 0) is 14.4 Å². The maximum atomic E-state index is 12.7. The Bertz CT molecular complexity index is 711. The molecule has 1 aromatic rings. The van der Waals surface area contributed by atoms with E-state index >= 15 is 0 Å². The number of Topliss-reactive ketones (excluding diaryl/α,β-unsaturated/α-hetero) is 1. The van der Waals surface area contributed by atoms with Crippen LogP contribution in [0.2, 0.25) is 0 Å². The first kappa shape index (κ1) is 29.5. The Morgan fingerprint density at radius 1 is 0.824 bits per heavy atom. The fourth-order valence-electron chi connectivity index (χ4n) is 3.84. The summed E-state index contributed by atoms with van der Waals surface area (Å²) in [6, 6.07) is 2.44. The van der Waals surface area contributed by atoms with Gasteiger partial charge >= 0.3 is 5.97 Å². The van der Waals surface area contributed by atoms with E-state index in [4.69, 9.17) is 4.84 Å². The first-order chi connectivity index (χ1) is 16.4. The van der Waals surface area contributed by atoms with E-state index in [2.05, 4.69) is 19.2 Å². The number of carbonyl (C=O) groups is 3. The third-order valence-electron chi connectivity index (χ3n) is 5.93. The number of aromatic hydroxyl groups is 2. The van der Waals surface area contributed by atoms with Gasteiger partial charge in [-0.15, -0.1) is 4.73 Å². The zero-order valence-electron chi connectivity index (χ0n) is 21.0. The molecule has 1 rings (SSSR count). The molecule has 8 nitrogen and oxygen atoms in total. The van der Waals surface area contributed by atoms with Crippen molar-refractivity contribution in [2.24, 2.45) is 5.92 Å². The molecule has 1 heterocycles. The number of carbonyl (C=O) groups excluding carboxylic acids is 3. The van der Waals surface area contributed by atoms with Crippen LogP contribution in [-0.4, -0.2) is 39.1 Å². The average molecular weight is 481 g/mol. The third-order valence-corrected chi connectivity index (χ3v) is 5.93. The normalized spacial score (nSPS) is 11.8. The van der Waals surface area contributed by atoms with E-state index in [0.717, 1.165) is 51.4 Å². The largest absolute Gasteiger partial charge is 0.492 e. The molecule has 0 radical (unpaired) electrons. The summed E-state index contributed by atoms with van der Waals surface area (Å²) in [5.74, 6) is -1.94. The quantitative estimate of drug-likeness (QED) is 0.178. The lowest BCUT2D eigenvalue weighted by molar-refractivity contribution is -0.145. The van der Waals surface area contributed by atoms with Gasteiger partial charge in [-0.05, 0) is 25.7 Å². The van der Waals surface area contributed by atoms with Crippen LogP contribution in [0.1, 0.15) is 110 Å². The number of nitrogens with one attached hydrogen (secondary N) is 1. The molecule has 0 saturated carbocycles. The summed E-state index contributed by atoms with van der Waals surface area (Å²) in [5, 5.41) is 21.9. The summed E-state index contributed by atoms with van der Waals surface area (Å²) in [4.78, 5) is 42.2. The van der Waals surface area contributed by atoms with E-state index in [0.29, 0.717) is 43.4 Å². The Morgan fingerprint density at radius 3 is 2.03 bits per heavy atom. The second-order valence-corrected chi connectivity index (χ2v) is 8.94. The van der Waals surface area contributed by atoms with E-state index in [9.17, 15) is 24.6 Å². The van der Waals surface area contributed by atoms with Gasteiger partial charge in [0.25, 0.3) is 0 Å². The van der Waals surface area contributed by atoms with Gasteiger partial charge in [0.2, 0.25) is 17.7 Å². The van der Waals surface area contributed by atoms with Gasteiger partial charge in [-0.2, -0.15) is 0 Å². The highest BCUT2D eigenvalue weighted by Gasteiger charge is 2.25. The predicted octanol–water partition coefficient (Wildman–Crippen LogP) is 5.05. The van der Waals surface area contributed by atoms with E-state index in [1.54, 1.807) is 0 Å². The molecule has 1 atom stereocenters. The highest BCUT2D eigenvalue weighted by molar-refractivity contribution is 6.01. The molecular formula is C26H44N2O6. The minimum Gasteiger partial charge on any atom is -0.492 e. The third kappa shape index (κ3) is 12.1. The first-order valence-corrected chi connectivity index (χ1v) is 13.0. The standard InChI is InChI=1S/C26H44N2O6/c1-3-5-7-9-12-16-22(29)21(15-11-8-6-4-2)26(33)27-20-14-10-13-17-25(32)34-28-23(30)18-19-24(28)31/h18-19,21,30-31H,3-17,20H2,1-2H3,(H,27,33). The minimum absolute atomic E-state index is 0.0600. The molecule has 0 aliphatic rings. The topological polar surface area (TPSA) is 118 Å². The van der Waals surface area contributed by atoms with Crippen LogP contribution in [0.3, 0.4) is 0 Å².